The molecular formula is C18H41BNO4PSi. The van der Waals surface area contributed by atoms with Gasteiger partial charge in [-0.3, -0.25) is 0 Å². The molecule has 0 N–H and O–H groups in total. The predicted octanol–water partition coefficient (Wildman–Crippen LogP) is 4.13. The van der Waals surface area contributed by atoms with E-state index in [1.807, 2.05) is 0 Å². The Morgan fingerprint density at radius 3 is 2.08 bits per heavy atom. The fourth-order valence-corrected chi connectivity index (χ4v) is 8.00. The fraction of sp³-hybridized carbons (Fsp3) is 1.00. The molecule has 0 aromatic rings. The largest absolute Gasteiger partial charge is 0.414 e. The van der Waals surface area contributed by atoms with Gasteiger partial charge in [-0.1, -0.05) is 20.8 Å². The summed E-state index contributed by atoms with van der Waals surface area (Å²) >= 11 is 0. The van der Waals surface area contributed by atoms with Crippen molar-refractivity contribution in [3.05, 3.63) is 0 Å². The van der Waals surface area contributed by atoms with Gasteiger partial charge in [0.05, 0.1) is 12.7 Å². The topological polar surface area (TPSA) is 40.2 Å². The molecule has 1 fully saturated rings. The van der Waals surface area contributed by atoms with Crippen molar-refractivity contribution in [2.45, 2.75) is 103 Å². The van der Waals surface area contributed by atoms with Crippen LogP contribution in [0.5, 0.6) is 0 Å². The standard InChI is InChI=1S/C18H41BNO4PSi/c1-9-26(10-2,11-3)22-13-17-16(12-18(19)23-17)24-25(21-8)20(14(4)5)15(6)7/h14-18H,9-13,19H2,1-8H3/t16-,17-,18-,25?/m1/s1. The summed E-state index contributed by atoms with van der Waals surface area (Å²) in [6.07, 6.45) is 0.940. The summed E-state index contributed by atoms with van der Waals surface area (Å²) < 4.78 is 27.2. The van der Waals surface area contributed by atoms with E-state index in [-0.39, 0.29) is 18.2 Å². The molecule has 0 spiro atoms. The van der Waals surface area contributed by atoms with Crippen LogP contribution in [0.3, 0.4) is 0 Å². The van der Waals surface area contributed by atoms with E-state index in [1.165, 1.54) is 0 Å². The molecule has 1 heterocycles. The summed E-state index contributed by atoms with van der Waals surface area (Å²) in [6.45, 7) is 16.2. The highest BCUT2D eigenvalue weighted by Gasteiger charge is 2.40. The second-order valence-corrected chi connectivity index (χ2v) is 14.2. The van der Waals surface area contributed by atoms with Gasteiger partial charge in [0, 0.05) is 25.2 Å². The minimum Gasteiger partial charge on any atom is -0.414 e. The molecule has 0 aromatic carbocycles. The lowest BCUT2D eigenvalue weighted by molar-refractivity contribution is 0.00336. The van der Waals surface area contributed by atoms with Crippen molar-refractivity contribution < 1.29 is 18.2 Å². The molecule has 1 rings (SSSR count). The zero-order valence-electron chi connectivity index (χ0n) is 18.4. The van der Waals surface area contributed by atoms with Crippen molar-refractivity contribution in [1.29, 1.82) is 0 Å². The van der Waals surface area contributed by atoms with E-state index in [9.17, 15) is 0 Å². The first kappa shape index (κ1) is 24.5. The van der Waals surface area contributed by atoms with Crippen molar-refractivity contribution in [2.24, 2.45) is 0 Å². The number of hydrogen-bond acceptors (Lipinski definition) is 5. The van der Waals surface area contributed by atoms with Gasteiger partial charge in [-0.2, -0.15) is 0 Å². The minimum atomic E-state index is -1.61. The van der Waals surface area contributed by atoms with E-state index < -0.39 is 16.8 Å². The maximum absolute atomic E-state index is 6.50. The summed E-state index contributed by atoms with van der Waals surface area (Å²) in [5.74, 6) is 0. The summed E-state index contributed by atoms with van der Waals surface area (Å²) in [6, 6.07) is 4.43. The Labute approximate surface area is 165 Å². The van der Waals surface area contributed by atoms with Crippen LogP contribution in [0.15, 0.2) is 0 Å². The van der Waals surface area contributed by atoms with Gasteiger partial charge in [0.2, 0.25) is 0 Å². The lowest BCUT2D eigenvalue weighted by atomic mass is 9.96. The lowest BCUT2D eigenvalue weighted by Gasteiger charge is -2.37. The van der Waals surface area contributed by atoms with Gasteiger partial charge in [-0.05, 0) is 52.2 Å². The van der Waals surface area contributed by atoms with Crippen LogP contribution < -0.4 is 0 Å². The molecule has 1 aliphatic rings. The molecule has 0 bridgehead atoms. The highest BCUT2D eigenvalue weighted by atomic mass is 31.2. The molecule has 1 saturated heterocycles. The maximum Gasteiger partial charge on any atom is 0.259 e. The smallest absolute Gasteiger partial charge is 0.259 e. The summed E-state index contributed by atoms with van der Waals surface area (Å²) in [4.78, 5) is 0. The zero-order valence-corrected chi connectivity index (χ0v) is 20.3. The van der Waals surface area contributed by atoms with Crippen LogP contribution in [0.2, 0.25) is 18.1 Å². The Morgan fingerprint density at radius 2 is 1.65 bits per heavy atom. The highest BCUT2D eigenvalue weighted by Crippen LogP contribution is 2.48. The fourth-order valence-electron chi connectivity index (χ4n) is 3.77. The third-order valence-corrected chi connectivity index (χ3v) is 12.2. The summed E-state index contributed by atoms with van der Waals surface area (Å²) in [7, 11) is 1.16. The van der Waals surface area contributed by atoms with E-state index in [0.29, 0.717) is 18.7 Å². The molecule has 8 heteroatoms. The minimum absolute atomic E-state index is 0.00264. The summed E-state index contributed by atoms with van der Waals surface area (Å²) in [5, 5.41) is 0. The van der Waals surface area contributed by atoms with Crippen molar-refractivity contribution in [1.82, 2.24) is 4.67 Å². The molecule has 0 aliphatic carbocycles. The Kier molecular flexibility index (Phi) is 10.9. The van der Waals surface area contributed by atoms with Gasteiger partial charge in [-0.15, -0.1) is 0 Å². The van der Waals surface area contributed by atoms with Crippen LogP contribution in [0.4, 0.5) is 0 Å². The quantitative estimate of drug-likeness (QED) is 0.361. The second-order valence-electron chi connectivity index (χ2n) is 7.91. The number of ether oxygens (including phenoxy) is 1. The Hall–Kier alpha value is 0.512. The Balaban J connectivity index is 2.79. The number of nitrogens with zero attached hydrogens (tertiary/aromatic N) is 1. The predicted molar refractivity (Wildman–Crippen MR) is 116 cm³/mol. The van der Waals surface area contributed by atoms with E-state index in [4.69, 9.17) is 18.2 Å². The first-order valence-electron chi connectivity index (χ1n) is 10.3. The van der Waals surface area contributed by atoms with Gasteiger partial charge in [0.15, 0.2) is 8.32 Å². The lowest BCUT2D eigenvalue weighted by Crippen LogP contribution is -2.41. The normalized spacial score (nSPS) is 25.6. The van der Waals surface area contributed by atoms with Crippen molar-refractivity contribution in [2.75, 3.05) is 13.7 Å². The summed E-state index contributed by atoms with van der Waals surface area (Å²) in [5.41, 5.74) is 0. The third-order valence-electron chi connectivity index (χ3n) is 5.50. The molecule has 0 amide bonds. The molecule has 5 nitrogen and oxygen atoms in total. The molecule has 4 atom stereocenters. The molecule has 0 aromatic heterocycles. The van der Waals surface area contributed by atoms with Crippen molar-refractivity contribution in [3.63, 3.8) is 0 Å². The highest BCUT2D eigenvalue weighted by molar-refractivity contribution is 7.44. The van der Waals surface area contributed by atoms with Crippen LogP contribution in [-0.2, 0) is 18.2 Å². The van der Waals surface area contributed by atoms with Crippen LogP contribution in [0.1, 0.15) is 54.9 Å². The van der Waals surface area contributed by atoms with Gasteiger partial charge >= 0.3 is 0 Å². The molecule has 0 radical (unpaired) electrons. The number of hydrogen-bond donors (Lipinski definition) is 0. The van der Waals surface area contributed by atoms with Crippen molar-refractivity contribution in [3.8, 4) is 0 Å². The Morgan fingerprint density at radius 1 is 1.12 bits per heavy atom. The van der Waals surface area contributed by atoms with Crippen LogP contribution in [-0.4, -0.2) is 64.8 Å². The van der Waals surface area contributed by atoms with E-state index >= 15 is 0 Å². The number of rotatable bonds is 12. The first-order valence-corrected chi connectivity index (χ1v) is 14.0. The second kappa shape index (κ2) is 11.5. The molecule has 0 saturated carbocycles. The van der Waals surface area contributed by atoms with E-state index in [2.05, 4.69) is 61.0 Å². The molecule has 154 valence electrons. The molecule has 26 heavy (non-hydrogen) atoms. The van der Waals surface area contributed by atoms with Crippen molar-refractivity contribution >= 4 is 24.7 Å². The molecule has 1 aliphatic heterocycles. The maximum atomic E-state index is 6.50. The monoisotopic (exact) mass is 405 g/mol. The van der Waals surface area contributed by atoms with Gasteiger partial charge in [-0.25, -0.2) is 4.67 Å². The average Bonchev–Trinajstić information content (AvgIpc) is 2.94. The van der Waals surface area contributed by atoms with Crippen LogP contribution in [0.25, 0.3) is 0 Å². The third kappa shape index (κ3) is 6.54. The molecular weight excluding hydrogens is 364 g/mol. The van der Waals surface area contributed by atoms with Gasteiger partial charge in [0.25, 0.3) is 8.53 Å². The first-order chi connectivity index (χ1) is 12.2. The Bertz CT molecular complexity index is 385. The van der Waals surface area contributed by atoms with E-state index in [1.54, 1.807) is 7.11 Å². The van der Waals surface area contributed by atoms with Gasteiger partial charge < -0.3 is 18.2 Å². The van der Waals surface area contributed by atoms with Crippen LogP contribution in [0, 0.1) is 0 Å². The molecule has 1 unspecified atom stereocenters. The van der Waals surface area contributed by atoms with E-state index in [0.717, 1.165) is 24.6 Å². The average molecular weight is 405 g/mol. The zero-order chi connectivity index (χ0) is 19.9. The van der Waals surface area contributed by atoms with Crippen LogP contribution >= 0.6 is 8.53 Å². The van der Waals surface area contributed by atoms with Gasteiger partial charge in [0.1, 0.15) is 14.0 Å². The SMILES string of the molecule is B[C@H]1C[C@@H](OP(OC)N(C(C)C)C(C)C)[C@@H](CO[Si](CC)(CC)CC)O1.